The van der Waals surface area contributed by atoms with Crippen LogP contribution in [0.2, 0.25) is 5.02 Å². The summed E-state index contributed by atoms with van der Waals surface area (Å²) in [4.78, 5) is 6.86. The fraction of sp³-hybridized carbons (Fsp3) is 0.588. The van der Waals surface area contributed by atoms with Crippen molar-refractivity contribution in [1.29, 1.82) is 0 Å². The summed E-state index contributed by atoms with van der Waals surface area (Å²) in [6, 6.07) is 7.95. The Morgan fingerprint density at radius 2 is 2.13 bits per heavy atom. The molecule has 0 bridgehead atoms. The van der Waals surface area contributed by atoms with Gasteiger partial charge in [-0.15, -0.1) is 24.0 Å². The lowest BCUT2D eigenvalue weighted by Gasteiger charge is -2.22. The Labute approximate surface area is 161 Å². The highest BCUT2D eigenvalue weighted by Crippen LogP contribution is 2.15. The van der Waals surface area contributed by atoms with Crippen molar-refractivity contribution in [2.24, 2.45) is 4.99 Å². The average molecular weight is 452 g/mol. The molecular weight excluding hydrogens is 425 g/mol. The molecule has 1 aliphatic rings. The van der Waals surface area contributed by atoms with E-state index >= 15 is 0 Å². The van der Waals surface area contributed by atoms with Crippen LogP contribution in [0.25, 0.3) is 0 Å². The number of hydrogen-bond donors (Lipinski definition) is 1. The van der Waals surface area contributed by atoms with Crippen molar-refractivity contribution in [3.8, 4) is 0 Å². The quantitative estimate of drug-likeness (QED) is 0.405. The second kappa shape index (κ2) is 11.1. The molecule has 0 amide bonds. The zero-order valence-corrected chi connectivity index (χ0v) is 17.0. The normalized spacial score (nSPS) is 17.7. The molecular formula is C17H27ClIN3O. The molecule has 6 heteroatoms. The van der Waals surface area contributed by atoms with Crippen molar-refractivity contribution in [2.75, 3.05) is 26.7 Å². The molecule has 4 nitrogen and oxygen atoms in total. The lowest BCUT2D eigenvalue weighted by atomic mass is 10.2. The van der Waals surface area contributed by atoms with Crippen molar-refractivity contribution in [1.82, 2.24) is 10.2 Å². The first-order valence-corrected chi connectivity index (χ1v) is 8.42. The third-order valence-corrected chi connectivity index (χ3v) is 4.02. The summed E-state index contributed by atoms with van der Waals surface area (Å²) in [5.41, 5.74) is 1.22. The summed E-state index contributed by atoms with van der Waals surface area (Å²) < 4.78 is 5.65. The average Bonchev–Trinajstić information content (AvgIpc) is 3.02. The first-order chi connectivity index (χ1) is 10.7. The molecule has 0 aliphatic carbocycles. The molecule has 0 saturated carbocycles. The lowest BCUT2D eigenvalue weighted by molar-refractivity contribution is 0.106. The van der Waals surface area contributed by atoms with E-state index in [-0.39, 0.29) is 24.0 Å². The van der Waals surface area contributed by atoms with E-state index in [1.165, 1.54) is 18.4 Å². The summed E-state index contributed by atoms with van der Waals surface area (Å²) in [7, 11) is 2.06. The molecule has 130 valence electrons. The maximum Gasteiger partial charge on any atom is 0.193 e. The Morgan fingerprint density at radius 3 is 2.74 bits per heavy atom. The van der Waals surface area contributed by atoms with Crippen LogP contribution in [0.5, 0.6) is 0 Å². The van der Waals surface area contributed by atoms with Crippen LogP contribution in [-0.2, 0) is 11.3 Å². The van der Waals surface area contributed by atoms with E-state index in [0.29, 0.717) is 6.10 Å². The van der Waals surface area contributed by atoms with Gasteiger partial charge in [0, 0.05) is 38.3 Å². The minimum absolute atomic E-state index is 0. The summed E-state index contributed by atoms with van der Waals surface area (Å²) >= 11 is 5.93. The van der Waals surface area contributed by atoms with E-state index < -0.39 is 0 Å². The second-order valence-electron chi connectivity index (χ2n) is 5.64. The first-order valence-electron chi connectivity index (χ1n) is 8.04. The lowest BCUT2D eigenvalue weighted by Crippen LogP contribution is -2.38. The van der Waals surface area contributed by atoms with Gasteiger partial charge in [-0.3, -0.25) is 4.99 Å². The molecule has 0 radical (unpaired) electrons. The molecule has 0 aromatic heterocycles. The van der Waals surface area contributed by atoms with Gasteiger partial charge in [-0.2, -0.15) is 0 Å². The Hall–Kier alpha value is -0.530. The molecule has 0 spiro atoms. The minimum Gasteiger partial charge on any atom is -0.378 e. The number of aliphatic imine (C=N–C) groups is 1. The van der Waals surface area contributed by atoms with Crippen molar-refractivity contribution in [3.63, 3.8) is 0 Å². The van der Waals surface area contributed by atoms with Crippen LogP contribution in [0, 0.1) is 0 Å². The standard InChI is InChI=1S/C17H26ClN3O.HI/c1-3-19-17(20-11-10-16-5-4-12-22-16)21(2)13-14-6-8-15(18)9-7-14;/h6-9,16H,3-5,10-13H2,1-2H3,(H,19,20);1H. The summed E-state index contributed by atoms with van der Waals surface area (Å²) in [5, 5.41) is 4.12. The molecule has 2 rings (SSSR count). The second-order valence-corrected chi connectivity index (χ2v) is 6.08. The van der Waals surface area contributed by atoms with Gasteiger partial charge in [0.05, 0.1) is 6.10 Å². The Bertz CT molecular complexity index is 475. The monoisotopic (exact) mass is 451 g/mol. The zero-order chi connectivity index (χ0) is 15.8. The van der Waals surface area contributed by atoms with Gasteiger partial charge in [-0.1, -0.05) is 23.7 Å². The summed E-state index contributed by atoms with van der Waals surface area (Å²) in [5.74, 6) is 0.940. The third kappa shape index (κ3) is 7.27. The van der Waals surface area contributed by atoms with E-state index in [4.69, 9.17) is 21.3 Å². The molecule has 1 atom stereocenters. The topological polar surface area (TPSA) is 36.9 Å². The number of nitrogens with one attached hydrogen (secondary N) is 1. The summed E-state index contributed by atoms with van der Waals surface area (Å²) in [6.45, 7) is 5.47. The van der Waals surface area contributed by atoms with Crippen LogP contribution in [0.1, 0.15) is 31.7 Å². The van der Waals surface area contributed by atoms with Gasteiger partial charge in [0.1, 0.15) is 0 Å². The van der Waals surface area contributed by atoms with Crippen molar-refractivity contribution in [2.45, 2.75) is 38.8 Å². The molecule has 1 aliphatic heterocycles. The van der Waals surface area contributed by atoms with E-state index in [2.05, 4.69) is 36.3 Å². The highest BCUT2D eigenvalue weighted by Gasteiger charge is 2.15. The Balaban J connectivity index is 0.00000264. The van der Waals surface area contributed by atoms with Gasteiger partial charge in [0.15, 0.2) is 5.96 Å². The number of halogens is 2. The highest BCUT2D eigenvalue weighted by molar-refractivity contribution is 14.0. The number of benzene rings is 1. The van der Waals surface area contributed by atoms with Gasteiger partial charge in [-0.05, 0) is 43.9 Å². The maximum absolute atomic E-state index is 5.93. The van der Waals surface area contributed by atoms with Crippen LogP contribution in [0.15, 0.2) is 29.3 Å². The molecule has 1 aromatic rings. The van der Waals surface area contributed by atoms with Crippen LogP contribution >= 0.6 is 35.6 Å². The largest absolute Gasteiger partial charge is 0.378 e. The Morgan fingerprint density at radius 1 is 1.39 bits per heavy atom. The van der Waals surface area contributed by atoms with Crippen LogP contribution in [-0.4, -0.2) is 43.7 Å². The van der Waals surface area contributed by atoms with E-state index in [1.807, 2.05) is 12.1 Å². The van der Waals surface area contributed by atoms with Gasteiger partial charge in [0.25, 0.3) is 0 Å². The van der Waals surface area contributed by atoms with Crippen molar-refractivity contribution in [3.05, 3.63) is 34.9 Å². The van der Waals surface area contributed by atoms with Gasteiger partial charge in [0.2, 0.25) is 0 Å². The van der Waals surface area contributed by atoms with E-state index in [1.54, 1.807) is 0 Å². The van der Waals surface area contributed by atoms with Crippen molar-refractivity contribution >= 4 is 41.5 Å². The van der Waals surface area contributed by atoms with Gasteiger partial charge >= 0.3 is 0 Å². The molecule has 1 heterocycles. The fourth-order valence-corrected chi connectivity index (χ4v) is 2.72. The van der Waals surface area contributed by atoms with Crippen molar-refractivity contribution < 1.29 is 4.74 Å². The van der Waals surface area contributed by atoms with Crippen LogP contribution < -0.4 is 5.32 Å². The number of rotatable bonds is 6. The van der Waals surface area contributed by atoms with Crippen LogP contribution in [0.4, 0.5) is 0 Å². The predicted octanol–water partition coefficient (Wildman–Crippen LogP) is 3.92. The SMILES string of the molecule is CCNC(=NCCC1CCCO1)N(C)Cc1ccc(Cl)cc1.I. The van der Waals surface area contributed by atoms with Gasteiger partial charge in [-0.25, -0.2) is 0 Å². The van der Waals surface area contributed by atoms with E-state index in [0.717, 1.165) is 43.6 Å². The first kappa shape index (κ1) is 20.5. The maximum atomic E-state index is 5.93. The number of ether oxygens (including phenoxy) is 1. The molecule has 1 fully saturated rings. The fourth-order valence-electron chi connectivity index (χ4n) is 2.59. The highest BCUT2D eigenvalue weighted by atomic mass is 127. The molecule has 1 unspecified atom stereocenters. The smallest absolute Gasteiger partial charge is 0.193 e. The Kier molecular flexibility index (Phi) is 9.90. The molecule has 1 aromatic carbocycles. The summed E-state index contributed by atoms with van der Waals surface area (Å²) in [6.07, 6.45) is 3.76. The molecule has 23 heavy (non-hydrogen) atoms. The molecule has 1 N–H and O–H groups in total. The predicted molar refractivity (Wildman–Crippen MR) is 108 cm³/mol. The van der Waals surface area contributed by atoms with Crippen LogP contribution in [0.3, 0.4) is 0 Å². The van der Waals surface area contributed by atoms with Gasteiger partial charge < -0.3 is 15.0 Å². The third-order valence-electron chi connectivity index (χ3n) is 3.77. The van der Waals surface area contributed by atoms with E-state index in [9.17, 15) is 0 Å². The minimum atomic E-state index is 0. The zero-order valence-electron chi connectivity index (χ0n) is 13.9. The number of nitrogens with zero attached hydrogens (tertiary/aromatic N) is 2. The number of hydrogen-bond acceptors (Lipinski definition) is 2. The molecule has 1 saturated heterocycles. The number of guanidine groups is 1.